The number of non-ortho nitro benzene ring substituents is 1. The van der Waals surface area contributed by atoms with Gasteiger partial charge in [0, 0.05) is 30.7 Å². The summed E-state index contributed by atoms with van der Waals surface area (Å²) in [6, 6.07) is 6.39. The van der Waals surface area contributed by atoms with Gasteiger partial charge in [0.1, 0.15) is 10.0 Å². The molecule has 0 unspecified atom stereocenters. The Labute approximate surface area is 127 Å². The summed E-state index contributed by atoms with van der Waals surface area (Å²) in [5.74, 6) is 0.634. The molecule has 21 heavy (non-hydrogen) atoms. The SMILES string of the molecule is CC(C)CNCCc1nnc(-c2ccc([N+](=O)[O-])cc2)s1. The van der Waals surface area contributed by atoms with Crippen LogP contribution in [-0.4, -0.2) is 28.2 Å². The van der Waals surface area contributed by atoms with Crippen molar-refractivity contribution in [3.63, 3.8) is 0 Å². The Morgan fingerprint density at radius 3 is 2.62 bits per heavy atom. The van der Waals surface area contributed by atoms with Crippen molar-refractivity contribution in [2.75, 3.05) is 13.1 Å². The Kier molecular flexibility index (Phi) is 5.35. The first kappa shape index (κ1) is 15.5. The third-order valence-corrected chi connectivity index (χ3v) is 3.89. The van der Waals surface area contributed by atoms with Crippen LogP contribution >= 0.6 is 11.3 Å². The van der Waals surface area contributed by atoms with Crippen molar-refractivity contribution in [3.05, 3.63) is 39.4 Å². The molecule has 0 atom stereocenters. The van der Waals surface area contributed by atoms with Gasteiger partial charge in [0.25, 0.3) is 5.69 Å². The minimum absolute atomic E-state index is 0.0846. The van der Waals surface area contributed by atoms with Gasteiger partial charge in [0.05, 0.1) is 4.92 Å². The summed E-state index contributed by atoms with van der Waals surface area (Å²) in [5, 5.41) is 24.1. The first-order valence-corrected chi connectivity index (χ1v) is 7.66. The van der Waals surface area contributed by atoms with Crippen molar-refractivity contribution in [1.29, 1.82) is 0 Å². The highest BCUT2D eigenvalue weighted by Gasteiger charge is 2.09. The lowest BCUT2D eigenvalue weighted by atomic mass is 10.2. The molecule has 1 N–H and O–H groups in total. The maximum atomic E-state index is 10.6. The zero-order valence-corrected chi connectivity index (χ0v) is 12.9. The van der Waals surface area contributed by atoms with E-state index in [4.69, 9.17) is 0 Å². The molecule has 6 nitrogen and oxygen atoms in total. The van der Waals surface area contributed by atoms with E-state index < -0.39 is 4.92 Å². The normalized spacial score (nSPS) is 11.0. The Morgan fingerprint density at radius 2 is 2.00 bits per heavy atom. The number of aromatic nitrogens is 2. The Bertz CT molecular complexity index is 595. The number of nitrogens with one attached hydrogen (secondary N) is 1. The summed E-state index contributed by atoms with van der Waals surface area (Å²) in [4.78, 5) is 10.2. The van der Waals surface area contributed by atoms with Crippen LogP contribution in [0.5, 0.6) is 0 Å². The molecule has 0 aliphatic heterocycles. The summed E-state index contributed by atoms with van der Waals surface area (Å²) in [6.07, 6.45) is 0.845. The Hall–Kier alpha value is -1.86. The molecule has 0 aliphatic carbocycles. The molecule has 0 spiro atoms. The molecule has 1 aromatic carbocycles. The highest BCUT2D eigenvalue weighted by atomic mass is 32.1. The van der Waals surface area contributed by atoms with Gasteiger partial charge in [0.15, 0.2) is 0 Å². The van der Waals surface area contributed by atoms with Gasteiger partial charge in [-0.3, -0.25) is 10.1 Å². The molecule has 0 bridgehead atoms. The van der Waals surface area contributed by atoms with Gasteiger partial charge in [-0.2, -0.15) is 0 Å². The van der Waals surface area contributed by atoms with Crippen LogP contribution in [0.15, 0.2) is 24.3 Å². The number of benzene rings is 1. The first-order valence-electron chi connectivity index (χ1n) is 6.84. The molecule has 2 aromatic rings. The number of hydrogen-bond acceptors (Lipinski definition) is 6. The summed E-state index contributed by atoms with van der Waals surface area (Å²) in [6.45, 7) is 6.22. The van der Waals surface area contributed by atoms with Crippen LogP contribution in [-0.2, 0) is 6.42 Å². The standard InChI is InChI=1S/C14H18N4O2S/c1-10(2)9-15-8-7-13-16-17-14(21-13)11-3-5-12(6-4-11)18(19)20/h3-6,10,15H,7-9H2,1-2H3. The maximum absolute atomic E-state index is 10.6. The number of nitro benzene ring substituents is 1. The van der Waals surface area contributed by atoms with Crippen LogP contribution in [0.4, 0.5) is 5.69 Å². The van der Waals surface area contributed by atoms with Gasteiger partial charge < -0.3 is 5.32 Å². The van der Waals surface area contributed by atoms with E-state index in [9.17, 15) is 10.1 Å². The maximum Gasteiger partial charge on any atom is 0.269 e. The molecule has 0 radical (unpaired) electrons. The molecule has 1 aromatic heterocycles. The predicted octanol–water partition coefficient (Wildman–Crippen LogP) is 2.90. The lowest BCUT2D eigenvalue weighted by Crippen LogP contribution is -2.22. The molecular formula is C14H18N4O2S. The molecule has 0 fully saturated rings. The minimum atomic E-state index is -0.407. The monoisotopic (exact) mass is 306 g/mol. The third-order valence-electron chi connectivity index (χ3n) is 2.86. The van der Waals surface area contributed by atoms with Gasteiger partial charge in [-0.25, -0.2) is 0 Å². The molecule has 112 valence electrons. The van der Waals surface area contributed by atoms with Crippen LogP contribution in [0.2, 0.25) is 0 Å². The molecular weight excluding hydrogens is 288 g/mol. The van der Waals surface area contributed by atoms with Gasteiger partial charge in [-0.1, -0.05) is 25.2 Å². The lowest BCUT2D eigenvalue weighted by Gasteiger charge is -2.05. The number of hydrogen-bond donors (Lipinski definition) is 1. The second-order valence-electron chi connectivity index (χ2n) is 5.15. The number of rotatable bonds is 7. The molecule has 0 saturated carbocycles. The van der Waals surface area contributed by atoms with Crippen LogP contribution < -0.4 is 5.32 Å². The van der Waals surface area contributed by atoms with E-state index in [-0.39, 0.29) is 5.69 Å². The summed E-state index contributed by atoms with van der Waals surface area (Å²) in [5.41, 5.74) is 0.945. The Balaban J connectivity index is 1.94. The molecule has 0 aliphatic rings. The quantitative estimate of drug-likeness (QED) is 0.483. The zero-order chi connectivity index (χ0) is 15.2. The van der Waals surface area contributed by atoms with Crippen LogP contribution in [0.25, 0.3) is 10.6 Å². The molecule has 1 heterocycles. The molecule has 2 rings (SSSR count). The largest absolute Gasteiger partial charge is 0.316 e. The van der Waals surface area contributed by atoms with Crippen molar-refractivity contribution in [3.8, 4) is 10.6 Å². The fraction of sp³-hybridized carbons (Fsp3) is 0.429. The molecule has 0 amide bonds. The summed E-state index contributed by atoms with van der Waals surface area (Å²) >= 11 is 1.53. The van der Waals surface area contributed by atoms with Gasteiger partial charge in [-0.15, -0.1) is 10.2 Å². The minimum Gasteiger partial charge on any atom is -0.316 e. The molecule has 0 saturated heterocycles. The number of nitro groups is 1. The van der Waals surface area contributed by atoms with Crippen molar-refractivity contribution in [1.82, 2.24) is 15.5 Å². The third kappa shape index (κ3) is 4.57. The van der Waals surface area contributed by atoms with E-state index in [1.807, 2.05) is 0 Å². The van der Waals surface area contributed by atoms with Crippen molar-refractivity contribution in [2.45, 2.75) is 20.3 Å². The van der Waals surface area contributed by atoms with E-state index in [0.29, 0.717) is 5.92 Å². The fourth-order valence-corrected chi connectivity index (χ4v) is 2.63. The van der Waals surface area contributed by atoms with Gasteiger partial charge in [-0.05, 0) is 24.6 Å². The van der Waals surface area contributed by atoms with Crippen LogP contribution in [0.3, 0.4) is 0 Å². The van der Waals surface area contributed by atoms with Crippen molar-refractivity contribution >= 4 is 17.0 Å². The zero-order valence-electron chi connectivity index (χ0n) is 12.1. The first-order chi connectivity index (χ1) is 10.1. The topological polar surface area (TPSA) is 81.0 Å². The van der Waals surface area contributed by atoms with Crippen molar-refractivity contribution < 1.29 is 4.92 Å². The predicted molar refractivity (Wildman–Crippen MR) is 83.4 cm³/mol. The highest BCUT2D eigenvalue weighted by molar-refractivity contribution is 7.14. The average Bonchev–Trinajstić information content (AvgIpc) is 2.92. The van der Waals surface area contributed by atoms with E-state index in [1.54, 1.807) is 12.1 Å². The molecule has 7 heteroatoms. The summed E-state index contributed by atoms with van der Waals surface area (Å²) in [7, 11) is 0. The van der Waals surface area contributed by atoms with E-state index in [0.717, 1.165) is 35.1 Å². The van der Waals surface area contributed by atoms with E-state index in [1.165, 1.54) is 23.5 Å². The summed E-state index contributed by atoms with van der Waals surface area (Å²) < 4.78 is 0. The fourth-order valence-electron chi connectivity index (χ4n) is 1.78. The van der Waals surface area contributed by atoms with E-state index in [2.05, 4.69) is 29.4 Å². The Morgan fingerprint density at radius 1 is 1.29 bits per heavy atom. The highest BCUT2D eigenvalue weighted by Crippen LogP contribution is 2.25. The average molecular weight is 306 g/mol. The second-order valence-corrected chi connectivity index (χ2v) is 6.21. The van der Waals surface area contributed by atoms with E-state index >= 15 is 0 Å². The smallest absolute Gasteiger partial charge is 0.269 e. The van der Waals surface area contributed by atoms with Gasteiger partial charge in [0.2, 0.25) is 0 Å². The van der Waals surface area contributed by atoms with Crippen molar-refractivity contribution in [2.24, 2.45) is 5.92 Å². The number of nitrogens with zero attached hydrogens (tertiary/aromatic N) is 3. The van der Waals surface area contributed by atoms with Crippen LogP contribution in [0.1, 0.15) is 18.9 Å². The van der Waals surface area contributed by atoms with Gasteiger partial charge >= 0.3 is 0 Å². The lowest BCUT2D eigenvalue weighted by molar-refractivity contribution is -0.384. The second kappa shape index (κ2) is 7.24. The van der Waals surface area contributed by atoms with Crippen LogP contribution in [0, 0.1) is 16.0 Å².